The molecule has 0 unspecified atom stereocenters. The lowest BCUT2D eigenvalue weighted by atomic mass is 10.1. The van der Waals surface area contributed by atoms with Gasteiger partial charge < -0.3 is 15.4 Å². The van der Waals surface area contributed by atoms with E-state index in [1.807, 2.05) is 30.3 Å². The van der Waals surface area contributed by atoms with Crippen molar-refractivity contribution < 1.29 is 13.9 Å². The summed E-state index contributed by atoms with van der Waals surface area (Å²) in [6.07, 6.45) is 1.59. The van der Waals surface area contributed by atoms with Gasteiger partial charge in [0.2, 0.25) is 5.91 Å². The number of hydrogen-bond donors (Lipinski definition) is 2. The van der Waals surface area contributed by atoms with Crippen molar-refractivity contribution in [2.75, 3.05) is 17.7 Å². The summed E-state index contributed by atoms with van der Waals surface area (Å²) in [6, 6.07) is 17.5. The third-order valence-electron chi connectivity index (χ3n) is 4.02. The van der Waals surface area contributed by atoms with Crippen LogP contribution in [-0.4, -0.2) is 18.0 Å². The van der Waals surface area contributed by atoms with E-state index in [1.165, 1.54) is 6.07 Å². The molecule has 6 heteroatoms. The molecular formula is C21H20FN3O2. The van der Waals surface area contributed by atoms with Gasteiger partial charge in [0.1, 0.15) is 17.4 Å². The van der Waals surface area contributed by atoms with Crippen LogP contribution in [-0.2, 0) is 17.8 Å². The average Bonchev–Trinajstić information content (AvgIpc) is 2.69. The molecule has 2 aromatic carbocycles. The number of aromatic nitrogens is 1. The van der Waals surface area contributed by atoms with Gasteiger partial charge in [0, 0.05) is 12.1 Å². The van der Waals surface area contributed by atoms with Crippen molar-refractivity contribution in [2.45, 2.75) is 13.0 Å². The van der Waals surface area contributed by atoms with Gasteiger partial charge >= 0.3 is 0 Å². The van der Waals surface area contributed by atoms with Gasteiger partial charge in [-0.05, 0) is 29.8 Å². The van der Waals surface area contributed by atoms with Crippen LogP contribution in [0.3, 0.4) is 0 Å². The second-order valence-electron chi connectivity index (χ2n) is 5.91. The highest BCUT2D eigenvalue weighted by Crippen LogP contribution is 2.19. The molecule has 0 fully saturated rings. The van der Waals surface area contributed by atoms with Gasteiger partial charge in [0.15, 0.2) is 0 Å². The number of rotatable bonds is 7. The van der Waals surface area contributed by atoms with E-state index in [9.17, 15) is 9.18 Å². The molecule has 1 aromatic heterocycles. The number of amides is 1. The van der Waals surface area contributed by atoms with Gasteiger partial charge in [-0.1, -0.05) is 36.4 Å². The number of benzene rings is 2. The first kappa shape index (κ1) is 18.4. The summed E-state index contributed by atoms with van der Waals surface area (Å²) in [4.78, 5) is 16.3. The fourth-order valence-corrected chi connectivity index (χ4v) is 2.62. The van der Waals surface area contributed by atoms with E-state index in [1.54, 1.807) is 37.6 Å². The first-order valence-corrected chi connectivity index (χ1v) is 8.51. The summed E-state index contributed by atoms with van der Waals surface area (Å²) >= 11 is 0. The molecule has 2 N–H and O–H groups in total. The van der Waals surface area contributed by atoms with Crippen molar-refractivity contribution in [1.29, 1.82) is 0 Å². The van der Waals surface area contributed by atoms with E-state index in [4.69, 9.17) is 4.74 Å². The Hall–Kier alpha value is -3.41. The Morgan fingerprint density at radius 3 is 2.48 bits per heavy atom. The fraction of sp³-hybridized carbons (Fsp3) is 0.143. The highest BCUT2D eigenvalue weighted by Gasteiger charge is 2.08. The molecule has 27 heavy (non-hydrogen) atoms. The van der Waals surface area contributed by atoms with Crippen molar-refractivity contribution in [2.24, 2.45) is 0 Å². The number of anilines is 2. The number of methoxy groups -OCH3 is 1. The Kier molecular flexibility index (Phi) is 5.99. The number of hydrogen-bond acceptors (Lipinski definition) is 4. The highest BCUT2D eigenvalue weighted by molar-refractivity contribution is 5.91. The summed E-state index contributed by atoms with van der Waals surface area (Å²) in [7, 11) is 1.64. The number of para-hydroxylation sites is 1. The molecule has 0 spiro atoms. The van der Waals surface area contributed by atoms with Gasteiger partial charge in [0.25, 0.3) is 0 Å². The van der Waals surface area contributed by atoms with Gasteiger partial charge in [-0.25, -0.2) is 9.37 Å². The molecule has 3 aromatic rings. The number of carbonyl (C=O) groups excluding carboxylic acids is 1. The van der Waals surface area contributed by atoms with Crippen molar-refractivity contribution in [1.82, 2.24) is 4.98 Å². The molecule has 0 aliphatic heterocycles. The topological polar surface area (TPSA) is 63.2 Å². The van der Waals surface area contributed by atoms with Gasteiger partial charge in [-0.3, -0.25) is 4.79 Å². The van der Waals surface area contributed by atoms with Crippen LogP contribution in [0.15, 0.2) is 66.9 Å². The van der Waals surface area contributed by atoms with E-state index in [-0.39, 0.29) is 12.3 Å². The van der Waals surface area contributed by atoms with Crippen molar-refractivity contribution >= 4 is 17.4 Å². The highest BCUT2D eigenvalue weighted by atomic mass is 19.1. The van der Waals surface area contributed by atoms with Crippen molar-refractivity contribution in [3.05, 3.63) is 83.8 Å². The monoisotopic (exact) mass is 365 g/mol. The lowest BCUT2D eigenvalue weighted by Crippen LogP contribution is -2.16. The molecular weight excluding hydrogens is 345 g/mol. The molecule has 3 rings (SSSR count). The third kappa shape index (κ3) is 5.04. The number of carbonyl (C=O) groups is 1. The Morgan fingerprint density at radius 1 is 1.04 bits per heavy atom. The second-order valence-corrected chi connectivity index (χ2v) is 5.91. The summed E-state index contributed by atoms with van der Waals surface area (Å²) < 4.78 is 18.9. The first-order valence-electron chi connectivity index (χ1n) is 8.51. The smallest absolute Gasteiger partial charge is 0.230 e. The summed E-state index contributed by atoms with van der Waals surface area (Å²) in [5, 5.41) is 5.93. The van der Waals surface area contributed by atoms with Gasteiger partial charge in [-0.15, -0.1) is 0 Å². The first-order chi connectivity index (χ1) is 13.2. The van der Waals surface area contributed by atoms with Crippen LogP contribution in [0.1, 0.15) is 11.1 Å². The maximum atomic E-state index is 13.6. The standard InChI is InChI=1S/C21H20FN3O2/c1-27-19-9-5-3-7-16(19)13-23-17-10-11-20(24-14-17)25-21(26)12-15-6-2-4-8-18(15)22/h2-11,14,23H,12-13H2,1H3,(H,24,25,26). The lowest BCUT2D eigenvalue weighted by Gasteiger charge is -2.11. The molecule has 0 saturated heterocycles. The van der Waals surface area contributed by atoms with Gasteiger partial charge in [0.05, 0.1) is 25.4 Å². The molecule has 5 nitrogen and oxygen atoms in total. The van der Waals surface area contributed by atoms with Crippen LogP contribution < -0.4 is 15.4 Å². The van der Waals surface area contributed by atoms with E-state index < -0.39 is 5.82 Å². The van der Waals surface area contributed by atoms with E-state index in [0.717, 1.165) is 17.0 Å². The second kappa shape index (κ2) is 8.80. The molecule has 0 saturated carbocycles. The van der Waals surface area contributed by atoms with E-state index in [0.29, 0.717) is 17.9 Å². The Balaban J connectivity index is 1.55. The molecule has 1 heterocycles. The predicted molar refractivity (Wildman–Crippen MR) is 103 cm³/mol. The van der Waals surface area contributed by atoms with E-state index >= 15 is 0 Å². The average molecular weight is 365 g/mol. The number of halogens is 1. The molecule has 1 amide bonds. The number of nitrogens with one attached hydrogen (secondary N) is 2. The molecule has 0 atom stereocenters. The van der Waals surface area contributed by atoms with Crippen LogP contribution in [0.4, 0.5) is 15.9 Å². The summed E-state index contributed by atoms with van der Waals surface area (Å²) in [5.74, 6) is 0.521. The van der Waals surface area contributed by atoms with E-state index in [2.05, 4.69) is 15.6 Å². The molecule has 0 aliphatic rings. The van der Waals surface area contributed by atoms with Gasteiger partial charge in [-0.2, -0.15) is 0 Å². The number of ether oxygens (including phenoxy) is 1. The zero-order valence-electron chi connectivity index (χ0n) is 14.9. The maximum Gasteiger partial charge on any atom is 0.230 e. The quantitative estimate of drug-likeness (QED) is 0.664. The molecule has 0 radical (unpaired) electrons. The van der Waals surface area contributed by atoms with Crippen molar-refractivity contribution in [3.63, 3.8) is 0 Å². The zero-order valence-corrected chi connectivity index (χ0v) is 14.9. The van der Waals surface area contributed by atoms with Crippen LogP contribution >= 0.6 is 0 Å². The van der Waals surface area contributed by atoms with Crippen molar-refractivity contribution in [3.8, 4) is 5.75 Å². The minimum Gasteiger partial charge on any atom is -0.496 e. The SMILES string of the molecule is COc1ccccc1CNc1ccc(NC(=O)Cc2ccccc2F)nc1. The largest absolute Gasteiger partial charge is 0.496 e. The summed E-state index contributed by atoms with van der Waals surface area (Å²) in [5.41, 5.74) is 2.19. The lowest BCUT2D eigenvalue weighted by molar-refractivity contribution is -0.115. The molecule has 138 valence electrons. The third-order valence-corrected chi connectivity index (χ3v) is 4.02. The Labute approximate surface area is 157 Å². The molecule has 0 bridgehead atoms. The number of nitrogens with zero attached hydrogens (tertiary/aromatic N) is 1. The minimum absolute atomic E-state index is 0.0395. The van der Waals surface area contributed by atoms with Crippen LogP contribution in [0.2, 0.25) is 0 Å². The Morgan fingerprint density at radius 2 is 1.78 bits per heavy atom. The number of pyridine rings is 1. The van der Waals surface area contributed by atoms with Crippen LogP contribution in [0.25, 0.3) is 0 Å². The summed E-state index contributed by atoms with van der Waals surface area (Å²) in [6.45, 7) is 0.588. The van der Waals surface area contributed by atoms with Crippen LogP contribution in [0, 0.1) is 5.82 Å². The normalized spacial score (nSPS) is 10.3. The Bertz CT molecular complexity index is 913. The fourth-order valence-electron chi connectivity index (χ4n) is 2.62. The van der Waals surface area contributed by atoms with Crippen LogP contribution in [0.5, 0.6) is 5.75 Å². The predicted octanol–water partition coefficient (Wildman–Crippen LogP) is 4.02. The minimum atomic E-state index is -0.392. The zero-order chi connectivity index (χ0) is 19.1. The maximum absolute atomic E-state index is 13.6. The molecule has 0 aliphatic carbocycles.